The fourth-order valence-corrected chi connectivity index (χ4v) is 2.03. The molecule has 0 heterocycles. The van der Waals surface area contributed by atoms with Crippen molar-refractivity contribution in [3.05, 3.63) is 55.6 Å². The summed E-state index contributed by atoms with van der Waals surface area (Å²) < 4.78 is 0. The topological polar surface area (TPSA) is 86.3 Å². The second-order valence-electron chi connectivity index (χ2n) is 4.06. The predicted octanol–water partition coefficient (Wildman–Crippen LogP) is 3.27. The van der Waals surface area contributed by atoms with Crippen LogP contribution in [0.15, 0.2) is 24.3 Å². The summed E-state index contributed by atoms with van der Waals surface area (Å²) >= 11 is 0. The number of nitro benzene ring substituents is 2. The van der Waals surface area contributed by atoms with Crippen molar-refractivity contribution in [2.75, 3.05) is 0 Å². The molecule has 2 aromatic rings. The Morgan fingerprint density at radius 3 is 2.28 bits per heavy atom. The van der Waals surface area contributed by atoms with Crippen molar-refractivity contribution in [2.24, 2.45) is 0 Å². The molecule has 0 radical (unpaired) electrons. The molecule has 18 heavy (non-hydrogen) atoms. The van der Waals surface area contributed by atoms with Crippen LogP contribution in [0, 0.1) is 34.1 Å². The zero-order chi connectivity index (χ0) is 13.4. The molecule has 0 saturated carbocycles. The third-order valence-electron chi connectivity index (χ3n) is 3.01. The molecule has 0 aliphatic heterocycles. The Balaban J connectivity index is 3.05. The molecule has 92 valence electrons. The molecular weight excluding hydrogens is 236 g/mol. The lowest BCUT2D eigenvalue weighted by Crippen LogP contribution is -1.98. The summed E-state index contributed by atoms with van der Waals surface area (Å²) in [6, 6.07) is 6.18. The van der Waals surface area contributed by atoms with Crippen molar-refractivity contribution in [3.63, 3.8) is 0 Å². The zero-order valence-corrected chi connectivity index (χ0v) is 9.84. The largest absolute Gasteiger partial charge is 0.287 e. The van der Waals surface area contributed by atoms with Crippen molar-refractivity contribution in [2.45, 2.75) is 13.8 Å². The summed E-state index contributed by atoms with van der Waals surface area (Å²) in [5.41, 5.74) is 0.788. The Labute approximate surface area is 102 Å². The molecular formula is C12H10N2O4. The summed E-state index contributed by atoms with van der Waals surface area (Å²) in [4.78, 5) is 21.0. The highest BCUT2D eigenvalue weighted by atomic mass is 16.6. The van der Waals surface area contributed by atoms with Crippen LogP contribution in [-0.2, 0) is 0 Å². The van der Waals surface area contributed by atoms with Gasteiger partial charge in [-0.2, -0.15) is 0 Å². The Bertz CT molecular complexity index is 679. The van der Waals surface area contributed by atoms with E-state index in [1.807, 2.05) is 0 Å². The monoisotopic (exact) mass is 246 g/mol. The normalized spacial score (nSPS) is 10.6. The highest BCUT2D eigenvalue weighted by molar-refractivity contribution is 6.00. The molecule has 0 N–H and O–H groups in total. The zero-order valence-electron chi connectivity index (χ0n) is 9.84. The van der Waals surface area contributed by atoms with Crippen molar-refractivity contribution in [1.82, 2.24) is 0 Å². The maximum absolute atomic E-state index is 11.1. The van der Waals surface area contributed by atoms with Gasteiger partial charge in [0, 0.05) is 11.6 Å². The Morgan fingerprint density at radius 1 is 1.06 bits per heavy atom. The van der Waals surface area contributed by atoms with E-state index in [9.17, 15) is 20.2 Å². The quantitative estimate of drug-likeness (QED) is 0.601. The Kier molecular flexibility index (Phi) is 2.70. The number of hydrogen-bond donors (Lipinski definition) is 0. The molecule has 2 rings (SSSR count). The molecule has 6 nitrogen and oxygen atoms in total. The summed E-state index contributed by atoms with van der Waals surface area (Å²) in [7, 11) is 0. The van der Waals surface area contributed by atoms with E-state index in [1.165, 1.54) is 12.1 Å². The second kappa shape index (κ2) is 4.06. The fourth-order valence-electron chi connectivity index (χ4n) is 2.03. The molecule has 2 aromatic carbocycles. The molecule has 0 fully saturated rings. The minimum absolute atomic E-state index is 0.0931. The molecule has 6 heteroatoms. The number of benzene rings is 2. The lowest BCUT2D eigenvalue weighted by molar-refractivity contribution is -0.390. The van der Waals surface area contributed by atoms with Crippen LogP contribution in [0.4, 0.5) is 11.4 Å². The molecule has 0 bridgehead atoms. The lowest BCUT2D eigenvalue weighted by Gasteiger charge is -2.06. The number of hydrogen-bond acceptors (Lipinski definition) is 4. The number of rotatable bonds is 2. The molecule has 0 atom stereocenters. The van der Waals surface area contributed by atoms with Crippen LogP contribution in [0.25, 0.3) is 10.8 Å². The molecule has 0 aliphatic carbocycles. The Hall–Kier alpha value is -2.50. The first-order valence-electron chi connectivity index (χ1n) is 5.25. The first-order valence-corrected chi connectivity index (χ1v) is 5.25. The van der Waals surface area contributed by atoms with Crippen LogP contribution in [0.2, 0.25) is 0 Å². The van der Waals surface area contributed by atoms with Crippen LogP contribution in [-0.4, -0.2) is 9.85 Å². The van der Waals surface area contributed by atoms with E-state index in [4.69, 9.17) is 0 Å². The molecule has 0 saturated heterocycles. The van der Waals surface area contributed by atoms with Crippen LogP contribution >= 0.6 is 0 Å². The average molecular weight is 246 g/mol. The van der Waals surface area contributed by atoms with Crippen molar-refractivity contribution < 1.29 is 9.85 Å². The third-order valence-corrected chi connectivity index (χ3v) is 3.01. The SMILES string of the molecule is Cc1cc2cccc([N+](=O)[O-])c2c([N+](=O)[O-])c1C. The fraction of sp³-hybridized carbons (Fsp3) is 0.167. The first-order chi connectivity index (χ1) is 8.43. The van der Waals surface area contributed by atoms with Gasteiger partial charge in [-0.25, -0.2) is 0 Å². The van der Waals surface area contributed by atoms with Gasteiger partial charge in [-0.3, -0.25) is 20.2 Å². The Morgan fingerprint density at radius 2 is 1.72 bits per heavy atom. The second-order valence-corrected chi connectivity index (χ2v) is 4.06. The minimum atomic E-state index is -0.593. The maximum atomic E-state index is 11.1. The predicted molar refractivity (Wildman–Crippen MR) is 66.7 cm³/mol. The van der Waals surface area contributed by atoms with Gasteiger partial charge in [-0.05, 0) is 24.8 Å². The van der Waals surface area contributed by atoms with Crippen molar-refractivity contribution in [1.29, 1.82) is 0 Å². The number of aryl methyl sites for hydroxylation is 1. The molecule has 0 aromatic heterocycles. The van der Waals surface area contributed by atoms with Crippen LogP contribution in [0.5, 0.6) is 0 Å². The van der Waals surface area contributed by atoms with Gasteiger partial charge in [0.05, 0.1) is 9.85 Å². The van der Waals surface area contributed by atoms with E-state index in [0.717, 1.165) is 5.56 Å². The summed E-state index contributed by atoms with van der Waals surface area (Å²) in [5, 5.41) is 22.7. The van der Waals surface area contributed by atoms with E-state index in [1.54, 1.807) is 26.0 Å². The van der Waals surface area contributed by atoms with Gasteiger partial charge < -0.3 is 0 Å². The molecule has 0 unspecified atom stereocenters. The highest BCUT2D eigenvalue weighted by Crippen LogP contribution is 2.37. The van der Waals surface area contributed by atoms with Crippen molar-refractivity contribution >= 4 is 22.1 Å². The molecule has 0 aliphatic rings. The number of fused-ring (bicyclic) bond motifs is 1. The summed E-state index contributed by atoms with van der Waals surface area (Å²) in [6.07, 6.45) is 0. The minimum Gasteiger partial charge on any atom is -0.258 e. The van der Waals surface area contributed by atoms with Crippen molar-refractivity contribution in [3.8, 4) is 0 Å². The molecule has 0 amide bonds. The highest BCUT2D eigenvalue weighted by Gasteiger charge is 2.25. The summed E-state index contributed by atoms with van der Waals surface area (Å²) in [5.74, 6) is 0. The lowest BCUT2D eigenvalue weighted by atomic mass is 9.99. The number of nitrogens with zero attached hydrogens (tertiary/aromatic N) is 2. The van der Waals surface area contributed by atoms with Gasteiger partial charge in [-0.15, -0.1) is 0 Å². The number of non-ortho nitro benzene ring substituents is 1. The van der Waals surface area contributed by atoms with Gasteiger partial charge in [0.2, 0.25) is 0 Å². The maximum Gasteiger partial charge on any atom is 0.287 e. The van der Waals surface area contributed by atoms with E-state index >= 15 is 0 Å². The van der Waals surface area contributed by atoms with E-state index in [2.05, 4.69) is 0 Å². The third kappa shape index (κ3) is 1.67. The van der Waals surface area contributed by atoms with Gasteiger partial charge in [0.25, 0.3) is 11.4 Å². The number of nitro groups is 2. The van der Waals surface area contributed by atoms with Gasteiger partial charge in [0.1, 0.15) is 5.39 Å². The van der Waals surface area contributed by atoms with E-state index in [-0.39, 0.29) is 16.8 Å². The van der Waals surface area contributed by atoms with Gasteiger partial charge in [-0.1, -0.05) is 18.2 Å². The first kappa shape index (κ1) is 12.0. The average Bonchev–Trinajstić information content (AvgIpc) is 2.29. The standard InChI is InChI=1S/C12H10N2O4/c1-7-6-9-4-3-5-10(13(15)16)11(9)12(8(7)2)14(17)18/h3-6H,1-2H3. The van der Waals surface area contributed by atoms with Crippen LogP contribution in [0.3, 0.4) is 0 Å². The van der Waals surface area contributed by atoms with Crippen LogP contribution in [0.1, 0.15) is 11.1 Å². The smallest absolute Gasteiger partial charge is 0.258 e. The van der Waals surface area contributed by atoms with Gasteiger partial charge in [0.15, 0.2) is 0 Å². The molecule has 0 spiro atoms. The van der Waals surface area contributed by atoms with Gasteiger partial charge >= 0.3 is 0 Å². The van der Waals surface area contributed by atoms with Crippen LogP contribution < -0.4 is 0 Å². The summed E-state index contributed by atoms with van der Waals surface area (Å²) in [6.45, 7) is 3.35. The van der Waals surface area contributed by atoms with E-state index in [0.29, 0.717) is 10.9 Å². The van der Waals surface area contributed by atoms with E-state index < -0.39 is 9.85 Å².